The van der Waals surface area contributed by atoms with Gasteiger partial charge in [-0.15, -0.1) is 0 Å². The molecule has 2 fully saturated rings. The summed E-state index contributed by atoms with van der Waals surface area (Å²) in [6, 6.07) is 0. The van der Waals surface area contributed by atoms with Gasteiger partial charge in [-0.25, -0.2) is 0 Å². The largest absolute Gasteiger partial charge is 0.379 e. The van der Waals surface area contributed by atoms with Gasteiger partial charge < -0.3 is 19.1 Å². The lowest BCUT2D eigenvalue weighted by Gasteiger charge is -2.60. The summed E-state index contributed by atoms with van der Waals surface area (Å²) in [5, 5.41) is 0. The standard InChI is InChI=1S/C54H99NO3/c1-11-13-14-15-16-17-18-19-20-21-22-23-24-25-26-27-38-56-43-49(42-55(9)10)58-40-29-39-57-48-34-36-54(8)47(41-48)32-33-50-51(12-2)53(7,37-35-52(50)54)46(6)45(5)31-28-30-44(3)4/h16-17,19-20,32,44-46,48-52H,11-15,18,21-31,33-43H2,1-10H3/b17-16-,20-19-/t45?,46?,48-,49?,50?,51?,52?,53+,54?/m0/s1. The first kappa shape index (κ1) is 51.4. The van der Waals surface area contributed by atoms with E-state index in [1.54, 1.807) is 5.57 Å². The Bertz CT molecular complexity index is 1140. The van der Waals surface area contributed by atoms with E-state index in [9.17, 15) is 0 Å². The van der Waals surface area contributed by atoms with Crippen molar-refractivity contribution in [2.24, 2.45) is 46.3 Å². The van der Waals surface area contributed by atoms with E-state index in [2.05, 4.69) is 105 Å². The molecule has 0 radical (unpaired) electrons. The van der Waals surface area contributed by atoms with Gasteiger partial charge in [-0.3, -0.25) is 0 Å². The Morgan fingerprint density at radius 1 is 0.776 bits per heavy atom. The Kier molecular flexibility index (Phi) is 25.4. The molecule has 9 atom stereocenters. The monoisotopic (exact) mass is 810 g/mol. The number of allylic oxidation sites excluding steroid dienone is 5. The van der Waals surface area contributed by atoms with E-state index in [1.165, 1.54) is 122 Å². The van der Waals surface area contributed by atoms with Crippen molar-refractivity contribution in [2.75, 3.05) is 47.1 Å². The van der Waals surface area contributed by atoms with E-state index in [0.29, 0.717) is 23.5 Å². The van der Waals surface area contributed by atoms with Crippen molar-refractivity contribution in [1.29, 1.82) is 0 Å². The van der Waals surface area contributed by atoms with E-state index in [4.69, 9.17) is 14.2 Å². The van der Waals surface area contributed by atoms with E-state index in [0.717, 1.165) is 87.6 Å². The van der Waals surface area contributed by atoms with Gasteiger partial charge in [-0.1, -0.05) is 156 Å². The second-order valence-corrected chi connectivity index (χ2v) is 20.8. The first-order valence-electron chi connectivity index (χ1n) is 25.4. The Morgan fingerprint density at radius 2 is 1.48 bits per heavy atom. The zero-order valence-corrected chi connectivity index (χ0v) is 40.5. The topological polar surface area (TPSA) is 30.9 Å². The minimum Gasteiger partial charge on any atom is -0.379 e. The molecule has 0 aromatic rings. The number of hydrogen-bond donors (Lipinski definition) is 0. The lowest BCUT2D eigenvalue weighted by molar-refractivity contribution is -0.0887. The summed E-state index contributed by atoms with van der Waals surface area (Å²) in [5.74, 6) is 4.98. The summed E-state index contributed by atoms with van der Waals surface area (Å²) < 4.78 is 19.1. The van der Waals surface area contributed by atoms with Gasteiger partial charge in [0.1, 0.15) is 0 Å². The van der Waals surface area contributed by atoms with Crippen LogP contribution in [0.3, 0.4) is 0 Å². The van der Waals surface area contributed by atoms with Gasteiger partial charge in [-0.05, 0) is 144 Å². The molecule has 0 aliphatic heterocycles. The average Bonchev–Trinajstić information content (AvgIpc) is 3.19. The van der Waals surface area contributed by atoms with Crippen molar-refractivity contribution >= 4 is 0 Å². The van der Waals surface area contributed by atoms with Crippen molar-refractivity contribution in [3.05, 3.63) is 36.0 Å². The number of likely N-dealkylation sites (N-methyl/N-ethyl adjacent to an activating group) is 1. The van der Waals surface area contributed by atoms with Crippen LogP contribution >= 0.6 is 0 Å². The highest BCUT2D eigenvalue weighted by atomic mass is 16.5. The molecule has 3 aliphatic carbocycles. The van der Waals surface area contributed by atoms with E-state index < -0.39 is 0 Å². The van der Waals surface area contributed by atoms with Gasteiger partial charge in [0.2, 0.25) is 0 Å². The van der Waals surface area contributed by atoms with Crippen LogP contribution in [0.1, 0.15) is 203 Å². The molecule has 338 valence electrons. The minimum atomic E-state index is 0.121. The third kappa shape index (κ3) is 17.4. The molecule has 4 nitrogen and oxygen atoms in total. The first-order chi connectivity index (χ1) is 28.0. The third-order valence-electron chi connectivity index (χ3n) is 15.6. The number of ether oxygens (including phenoxy) is 3. The predicted molar refractivity (Wildman–Crippen MR) is 253 cm³/mol. The number of nitrogens with zero attached hydrogens (tertiary/aromatic N) is 1. The molecule has 0 heterocycles. The van der Waals surface area contributed by atoms with Crippen LogP contribution < -0.4 is 0 Å². The lowest BCUT2D eigenvalue weighted by Crippen LogP contribution is -2.53. The fourth-order valence-corrected chi connectivity index (χ4v) is 11.7. The Morgan fingerprint density at radius 3 is 2.17 bits per heavy atom. The molecule has 0 saturated heterocycles. The van der Waals surface area contributed by atoms with Crippen LogP contribution in [0, 0.1) is 46.3 Å². The summed E-state index contributed by atoms with van der Waals surface area (Å²) in [4.78, 5) is 2.22. The van der Waals surface area contributed by atoms with Crippen LogP contribution in [0.2, 0.25) is 0 Å². The molecule has 0 aromatic carbocycles. The van der Waals surface area contributed by atoms with Gasteiger partial charge in [0.05, 0.1) is 18.8 Å². The molecular weight excluding hydrogens is 711 g/mol. The normalized spacial score (nSPS) is 28.0. The zero-order chi connectivity index (χ0) is 42.2. The number of hydrogen-bond acceptors (Lipinski definition) is 4. The zero-order valence-electron chi connectivity index (χ0n) is 40.5. The number of rotatable bonds is 32. The molecule has 3 aliphatic rings. The van der Waals surface area contributed by atoms with Crippen LogP contribution in [-0.2, 0) is 14.2 Å². The van der Waals surface area contributed by atoms with Crippen LogP contribution in [0.4, 0.5) is 0 Å². The smallest absolute Gasteiger partial charge is 0.0934 e. The van der Waals surface area contributed by atoms with Gasteiger partial charge in [0, 0.05) is 26.4 Å². The summed E-state index contributed by atoms with van der Waals surface area (Å²) >= 11 is 0. The molecule has 3 rings (SSSR count). The number of unbranched alkanes of at least 4 members (excludes halogenated alkanes) is 9. The average molecular weight is 810 g/mol. The van der Waals surface area contributed by atoms with Crippen molar-refractivity contribution in [3.63, 3.8) is 0 Å². The molecule has 0 amide bonds. The Labute approximate surface area is 362 Å². The fourth-order valence-electron chi connectivity index (χ4n) is 11.7. The van der Waals surface area contributed by atoms with Gasteiger partial charge in [0.25, 0.3) is 0 Å². The molecule has 58 heavy (non-hydrogen) atoms. The maximum Gasteiger partial charge on any atom is 0.0934 e. The summed E-state index contributed by atoms with van der Waals surface area (Å²) in [7, 11) is 4.26. The molecule has 0 aromatic heterocycles. The van der Waals surface area contributed by atoms with Gasteiger partial charge in [0.15, 0.2) is 0 Å². The molecule has 2 saturated carbocycles. The van der Waals surface area contributed by atoms with E-state index in [-0.39, 0.29) is 6.10 Å². The summed E-state index contributed by atoms with van der Waals surface area (Å²) in [6.45, 7) is 24.1. The van der Waals surface area contributed by atoms with E-state index in [1.807, 2.05) is 0 Å². The second-order valence-electron chi connectivity index (χ2n) is 20.8. The second kappa shape index (κ2) is 28.6. The van der Waals surface area contributed by atoms with Crippen molar-refractivity contribution < 1.29 is 14.2 Å². The van der Waals surface area contributed by atoms with Gasteiger partial charge in [-0.2, -0.15) is 0 Å². The van der Waals surface area contributed by atoms with Crippen LogP contribution in [0.15, 0.2) is 36.0 Å². The Balaban J connectivity index is 1.29. The highest BCUT2D eigenvalue weighted by Crippen LogP contribution is 2.64. The Hall–Kier alpha value is -0.940. The SMILES string of the molecule is CCCCC/C=C\C/C=C\CCCCCCCCOCC(CN(C)C)OCCCO[C@H]1CCC2(C)C(=CCC3C2CC[C@](C)(C(C)C(C)CCCC(C)C)C3CC)C1. The highest BCUT2D eigenvalue weighted by molar-refractivity contribution is 5.25. The van der Waals surface area contributed by atoms with E-state index >= 15 is 0 Å². The quantitative estimate of drug-likeness (QED) is 0.0500. The first-order valence-corrected chi connectivity index (χ1v) is 25.4. The fraction of sp³-hybridized carbons (Fsp3) is 0.889. The maximum atomic E-state index is 6.59. The van der Waals surface area contributed by atoms with Crippen molar-refractivity contribution in [3.8, 4) is 0 Å². The molecule has 7 unspecified atom stereocenters. The number of fused-ring (bicyclic) bond motifs is 3. The lowest BCUT2D eigenvalue weighted by atomic mass is 9.45. The van der Waals surface area contributed by atoms with Crippen LogP contribution in [0.5, 0.6) is 0 Å². The summed E-state index contributed by atoms with van der Waals surface area (Å²) in [6.07, 6.45) is 42.2. The molecule has 4 heteroatoms. The predicted octanol–water partition coefficient (Wildman–Crippen LogP) is 15.2. The van der Waals surface area contributed by atoms with Crippen LogP contribution in [-0.4, -0.2) is 64.2 Å². The van der Waals surface area contributed by atoms with Gasteiger partial charge >= 0.3 is 0 Å². The highest BCUT2D eigenvalue weighted by Gasteiger charge is 2.55. The summed E-state index contributed by atoms with van der Waals surface area (Å²) in [5.41, 5.74) is 2.57. The van der Waals surface area contributed by atoms with Crippen LogP contribution in [0.25, 0.3) is 0 Å². The third-order valence-corrected chi connectivity index (χ3v) is 15.6. The minimum absolute atomic E-state index is 0.121. The molecule has 0 bridgehead atoms. The van der Waals surface area contributed by atoms with Crippen molar-refractivity contribution in [1.82, 2.24) is 4.90 Å². The molecule has 0 N–H and O–H groups in total. The molecule has 0 spiro atoms. The maximum absolute atomic E-state index is 6.59. The molecular formula is C54H99NO3. The van der Waals surface area contributed by atoms with Crippen molar-refractivity contribution in [2.45, 2.75) is 215 Å².